The van der Waals surface area contributed by atoms with Crippen molar-refractivity contribution in [3.8, 4) is 11.5 Å². The van der Waals surface area contributed by atoms with Crippen LogP contribution in [0.2, 0.25) is 0 Å². The first-order valence-corrected chi connectivity index (χ1v) is 8.82. The van der Waals surface area contributed by atoms with Crippen LogP contribution in [0, 0.1) is 10.1 Å². The number of ether oxygens (including phenoxy) is 2. The van der Waals surface area contributed by atoms with Crippen molar-refractivity contribution < 1.29 is 24.0 Å². The molecular weight excluding hydrogens is 378 g/mol. The van der Waals surface area contributed by atoms with Crippen LogP contribution in [0.1, 0.15) is 18.1 Å². The third kappa shape index (κ3) is 4.52. The van der Waals surface area contributed by atoms with Crippen molar-refractivity contribution in [3.63, 3.8) is 0 Å². The van der Waals surface area contributed by atoms with Crippen LogP contribution in [0.25, 0.3) is 6.08 Å². The molecule has 0 atom stereocenters. The molecule has 2 aromatic rings. The largest absolute Gasteiger partial charge is 0.490 e. The number of rotatable bonds is 7. The van der Waals surface area contributed by atoms with Crippen molar-refractivity contribution in [2.45, 2.75) is 13.5 Å². The van der Waals surface area contributed by atoms with E-state index in [1.807, 2.05) is 6.92 Å². The minimum absolute atomic E-state index is 0.0142. The van der Waals surface area contributed by atoms with E-state index < -0.39 is 16.9 Å². The molecule has 150 valence electrons. The first-order valence-electron chi connectivity index (χ1n) is 8.82. The molecule has 0 spiro atoms. The minimum Gasteiger partial charge on any atom is -0.490 e. The first-order chi connectivity index (χ1) is 13.9. The second-order valence-corrected chi connectivity index (χ2v) is 6.20. The van der Waals surface area contributed by atoms with Gasteiger partial charge in [-0.25, -0.2) is 4.79 Å². The van der Waals surface area contributed by atoms with Crippen LogP contribution >= 0.6 is 0 Å². The second-order valence-electron chi connectivity index (χ2n) is 6.20. The number of nitro benzene ring substituents is 1. The molecule has 1 saturated heterocycles. The minimum atomic E-state index is -0.477. The van der Waals surface area contributed by atoms with Crippen molar-refractivity contribution in [1.82, 2.24) is 10.2 Å². The number of imide groups is 1. The number of benzene rings is 2. The van der Waals surface area contributed by atoms with Gasteiger partial charge in [0.05, 0.1) is 11.5 Å². The summed E-state index contributed by atoms with van der Waals surface area (Å²) in [5.41, 5.74) is 1.63. The van der Waals surface area contributed by atoms with Gasteiger partial charge in [-0.05, 0) is 48.4 Å². The highest BCUT2D eigenvalue weighted by Crippen LogP contribution is 2.30. The van der Waals surface area contributed by atoms with Gasteiger partial charge in [0, 0.05) is 19.2 Å². The van der Waals surface area contributed by atoms with E-state index in [1.165, 1.54) is 19.2 Å². The number of nitro groups is 1. The summed E-state index contributed by atoms with van der Waals surface area (Å²) in [5.74, 6) is 0.562. The highest BCUT2D eigenvalue weighted by molar-refractivity contribution is 6.13. The quantitative estimate of drug-likeness (QED) is 0.333. The molecule has 2 aromatic carbocycles. The average Bonchev–Trinajstić information content (AvgIpc) is 2.94. The van der Waals surface area contributed by atoms with Gasteiger partial charge in [-0.15, -0.1) is 0 Å². The number of amides is 3. The molecule has 1 aliphatic heterocycles. The zero-order valence-electron chi connectivity index (χ0n) is 15.9. The predicted molar refractivity (Wildman–Crippen MR) is 104 cm³/mol. The van der Waals surface area contributed by atoms with Gasteiger partial charge in [0.2, 0.25) is 0 Å². The highest BCUT2D eigenvalue weighted by Gasteiger charge is 2.30. The number of non-ortho nitro benzene ring substituents is 1. The standard InChI is InChI=1S/C20H19N3O6/c1-3-28-18-11-14(10-16-19(24)22(2)20(25)21-16)6-9-17(18)29-12-13-4-7-15(8-5-13)23(26)27/h4-11H,3,12H2,1-2H3,(H,21,25)/b16-10+. The topological polar surface area (TPSA) is 111 Å². The third-order valence-electron chi connectivity index (χ3n) is 4.20. The summed E-state index contributed by atoms with van der Waals surface area (Å²) in [6, 6.07) is 10.8. The fourth-order valence-corrected chi connectivity index (χ4v) is 2.67. The summed E-state index contributed by atoms with van der Waals surface area (Å²) in [5, 5.41) is 13.2. The molecule has 3 amide bonds. The van der Waals surface area contributed by atoms with Gasteiger partial charge in [-0.1, -0.05) is 6.07 Å². The van der Waals surface area contributed by atoms with Crippen LogP contribution < -0.4 is 14.8 Å². The van der Waals surface area contributed by atoms with E-state index in [4.69, 9.17) is 9.47 Å². The maximum Gasteiger partial charge on any atom is 0.328 e. The molecule has 0 bridgehead atoms. The van der Waals surface area contributed by atoms with Crippen LogP contribution in [-0.2, 0) is 11.4 Å². The fourth-order valence-electron chi connectivity index (χ4n) is 2.67. The Morgan fingerprint density at radius 2 is 1.83 bits per heavy atom. The van der Waals surface area contributed by atoms with Gasteiger partial charge in [0.25, 0.3) is 11.6 Å². The molecule has 0 aromatic heterocycles. The van der Waals surface area contributed by atoms with Crippen molar-refractivity contribution in [3.05, 3.63) is 69.4 Å². The molecule has 1 heterocycles. The Labute approximate surface area is 166 Å². The van der Waals surface area contributed by atoms with Gasteiger partial charge in [-0.3, -0.25) is 19.8 Å². The lowest BCUT2D eigenvalue weighted by Crippen LogP contribution is -2.25. The van der Waals surface area contributed by atoms with E-state index in [0.717, 1.165) is 10.5 Å². The van der Waals surface area contributed by atoms with Crippen molar-refractivity contribution >= 4 is 23.7 Å². The molecule has 9 nitrogen and oxygen atoms in total. The lowest BCUT2D eigenvalue weighted by molar-refractivity contribution is -0.384. The highest BCUT2D eigenvalue weighted by atomic mass is 16.6. The summed E-state index contributed by atoms with van der Waals surface area (Å²) in [6.07, 6.45) is 1.56. The first kappa shape index (κ1) is 19.9. The van der Waals surface area contributed by atoms with Gasteiger partial charge in [0.1, 0.15) is 12.3 Å². The Balaban J connectivity index is 1.76. The summed E-state index contributed by atoms with van der Waals surface area (Å²) in [6.45, 7) is 2.45. The zero-order valence-corrected chi connectivity index (χ0v) is 15.9. The molecule has 1 fully saturated rings. The molecule has 0 radical (unpaired) electrons. The number of nitrogens with one attached hydrogen (secondary N) is 1. The van der Waals surface area contributed by atoms with E-state index in [0.29, 0.717) is 23.7 Å². The summed E-state index contributed by atoms with van der Waals surface area (Å²) in [4.78, 5) is 34.8. The normalized spacial score (nSPS) is 14.8. The molecule has 3 rings (SSSR count). The number of hydrogen-bond donors (Lipinski definition) is 1. The Kier molecular flexibility index (Phi) is 5.77. The second kappa shape index (κ2) is 8.42. The Bertz CT molecular complexity index is 984. The Hall–Kier alpha value is -3.88. The molecule has 1 N–H and O–H groups in total. The monoisotopic (exact) mass is 397 g/mol. The van der Waals surface area contributed by atoms with E-state index in [-0.39, 0.29) is 18.0 Å². The van der Waals surface area contributed by atoms with E-state index in [9.17, 15) is 19.7 Å². The predicted octanol–water partition coefficient (Wildman–Crippen LogP) is 3.10. The van der Waals surface area contributed by atoms with Gasteiger partial charge < -0.3 is 14.8 Å². The molecular formula is C20H19N3O6. The lowest BCUT2D eigenvalue weighted by Gasteiger charge is -2.13. The van der Waals surface area contributed by atoms with Crippen molar-refractivity contribution in [1.29, 1.82) is 0 Å². The third-order valence-corrected chi connectivity index (χ3v) is 4.20. The van der Waals surface area contributed by atoms with Crippen LogP contribution in [-0.4, -0.2) is 35.4 Å². The maximum atomic E-state index is 12.0. The van der Waals surface area contributed by atoms with Crippen molar-refractivity contribution in [2.75, 3.05) is 13.7 Å². The fraction of sp³-hybridized carbons (Fsp3) is 0.200. The van der Waals surface area contributed by atoms with Gasteiger partial charge >= 0.3 is 6.03 Å². The Morgan fingerprint density at radius 1 is 1.10 bits per heavy atom. The average molecular weight is 397 g/mol. The van der Waals surface area contributed by atoms with Crippen LogP contribution in [0.5, 0.6) is 11.5 Å². The lowest BCUT2D eigenvalue weighted by atomic mass is 10.1. The molecule has 9 heteroatoms. The number of carbonyl (C=O) groups excluding carboxylic acids is 2. The summed E-state index contributed by atoms with van der Waals surface area (Å²) in [7, 11) is 1.40. The summed E-state index contributed by atoms with van der Waals surface area (Å²) >= 11 is 0. The van der Waals surface area contributed by atoms with Gasteiger partial charge in [0.15, 0.2) is 11.5 Å². The molecule has 0 unspecified atom stereocenters. The van der Waals surface area contributed by atoms with Gasteiger partial charge in [-0.2, -0.15) is 0 Å². The molecule has 0 saturated carbocycles. The Morgan fingerprint density at radius 3 is 2.41 bits per heavy atom. The zero-order chi connectivity index (χ0) is 21.0. The van der Waals surface area contributed by atoms with Crippen LogP contribution in [0.4, 0.5) is 10.5 Å². The molecule has 29 heavy (non-hydrogen) atoms. The molecule has 1 aliphatic rings. The van der Waals surface area contributed by atoms with E-state index >= 15 is 0 Å². The number of hydrogen-bond acceptors (Lipinski definition) is 6. The molecule has 0 aliphatic carbocycles. The summed E-state index contributed by atoms with van der Waals surface area (Å²) < 4.78 is 11.4. The number of urea groups is 1. The van der Waals surface area contributed by atoms with Crippen LogP contribution in [0.3, 0.4) is 0 Å². The van der Waals surface area contributed by atoms with Crippen molar-refractivity contribution in [2.24, 2.45) is 0 Å². The number of likely N-dealkylation sites (N-methyl/N-ethyl adjacent to an activating group) is 1. The maximum absolute atomic E-state index is 12.0. The van der Waals surface area contributed by atoms with E-state index in [1.54, 1.807) is 36.4 Å². The number of nitrogens with zero attached hydrogens (tertiary/aromatic N) is 2. The van der Waals surface area contributed by atoms with Crippen LogP contribution in [0.15, 0.2) is 48.2 Å². The SMILES string of the molecule is CCOc1cc(/C=C2/NC(=O)N(C)C2=O)ccc1OCc1ccc([N+](=O)[O-])cc1. The number of carbonyl (C=O) groups is 2. The van der Waals surface area contributed by atoms with E-state index in [2.05, 4.69) is 5.32 Å². The smallest absolute Gasteiger partial charge is 0.328 e.